The van der Waals surface area contributed by atoms with Gasteiger partial charge in [0.05, 0.1) is 5.69 Å². The molecule has 0 saturated carbocycles. The van der Waals surface area contributed by atoms with Gasteiger partial charge in [-0.15, -0.1) is 5.10 Å². The third-order valence-electron chi connectivity index (χ3n) is 1.71. The second-order valence-electron chi connectivity index (χ2n) is 2.69. The SMILES string of the molecule is NCc1cc(-c2nnc(N)o2)ccn1. The maximum absolute atomic E-state index is 5.45. The fourth-order valence-electron chi connectivity index (χ4n) is 1.07. The van der Waals surface area contributed by atoms with Crippen molar-refractivity contribution in [3.63, 3.8) is 0 Å². The van der Waals surface area contributed by atoms with E-state index >= 15 is 0 Å². The number of nitrogens with zero attached hydrogens (tertiary/aromatic N) is 3. The Balaban J connectivity index is 2.41. The molecule has 0 bridgehead atoms. The summed E-state index contributed by atoms with van der Waals surface area (Å²) in [4.78, 5) is 4.04. The summed E-state index contributed by atoms with van der Waals surface area (Å²) >= 11 is 0. The molecule has 2 aromatic heterocycles. The Morgan fingerprint density at radius 1 is 1.36 bits per heavy atom. The summed E-state index contributed by atoms with van der Waals surface area (Å²) in [6.45, 7) is 0.372. The van der Waals surface area contributed by atoms with E-state index in [1.54, 1.807) is 18.3 Å². The van der Waals surface area contributed by atoms with Crippen molar-refractivity contribution in [3.05, 3.63) is 24.0 Å². The van der Waals surface area contributed by atoms with Crippen LogP contribution >= 0.6 is 0 Å². The maximum atomic E-state index is 5.45. The van der Waals surface area contributed by atoms with Crippen LogP contribution in [0.3, 0.4) is 0 Å². The van der Waals surface area contributed by atoms with E-state index < -0.39 is 0 Å². The first-order chi connectivity index (χ1) is 6.79. The minimum Gasteiger partial charge on any atom is -0.404 e. The predicted molar refractivity (Wildman–Crippen MR) is 49.8 cm³/mol. The van der Waals surface area contributed by atoms with Crippen molar-refractivity contribution in [2.45, 2.75) is 6.54 Å². The van der Waals surface area contributed by atoms with Gasteiger partial charge in [-0.1, -0.05) is 5.10 Å². The number of pyridine rings is 1. The van der Waals surface area contributed by atoms with Gasteiger partial charge in [0, 0.05) is 18.3 Å². The number of anilines is 1. The number of nitrogens with two attached hydrogens (primary N) is 2. The van der Waals surface area contributed by atoms with Crippen molar-refractivity contribution in [2.24, 2.45) is 5.73 Å². The second-order valence-corrected chi connectivity index (χ2v) is 2.69. The minimum atomic E-state index is 0.0473. The molecule has 6 nitrogen and oxygen atoms in total. The summed E-state index contributed by atoms with van der Waals surface area (Å²) in [5, 5.41) is 7.31. The Hall–Kier alpha value is -1.95. The third-order valence-corrected chi connectivity index (χ3v) is 1.71. The van der Waals surface area contributed by atoms with E-state index in [1.807, 2.05) is 0 Å². The van der Waals surface area contributed by atoms with Crippen LogP contribution in [0, 0.1) is 0 Å². The number of aromatic nitrogens is 3. The molecule has 0 spiro atoms. The highest BCUT2D eigenvalue weighted by Gasteiger charge is 2.06. The lowest BCUT2D eigenvalue weighted by Gasteiger charge is -1.97. The summed E-state index contributed by atoms with van der Waals surface area (Å²) in [7, 11) is 0. The fraction of sp³-hybridized carbons (Fsp3) is 0.125. The van der Waals surface area contributed by atoms with Crippen LogP contribution in [-0.4, -0.2) is 15.2 Å². The molecule has 0 radical (unpaired) electrons. The van der Waals surface area contributed by atoms with Gasteiger partial charge in [0.25, 0.3) is 0 Å². The first-order valence-corrected chi connectivity index (χ1v) is 4.04. The molecule has 6 heteroatoms. The van der Waals surface area contributed by atoms with E-state index in [4.69, 9.17) is 15.9 Å². The summed E-state index contributed by atoms with van der Waals surface area (Å²) in [5.74, 6) is 0.375. The molecule has 4 N–H and O–H groups in total. The molecule has 0 aliphatic rings. The summed E-state index contributed by atoms with van der Waals surface area (Å²) in [6.07, 6.45) is 1.64. The Morgan fingerprint density at radius 2 is 2.21 bits per heavy atom. The standard InChI is InChI=1S/C8H9N5O/c9-4-6-3-5(1-2-11-6)7-12-13-8(10)14-7/h1-3H,4,9H2,(H2,10,13). The van der Waals surface area contributed by atoms with E-state index in [1.165, 1.54) is 0 Å². The summed E-state index contributed by atoms with van der Waals surface area (Å²) in [6, 6.07) is 3.59. The van der Waals surface area contributed by atoms with E-state index in [-0.39, 0.29) is 6.01 Å². The zero-order chi connectivity index (χ0) is 9.97. The largest absolute Gasteiger partial charge is 0.404 e. The van der Waals surface area contributed by atoms with Crippen molar-refractivity contribution < 1.29 is 4.42 Å². The number of hydrogen-bond acceptors (Lipinski definition) is 6. The van der Waals surface area contributed by atoms with Crippen LogP contribution in [0.1, 0.15) is 5.69 Å². The zero-order valence-corrected chi connectivity index (χ0v) is 7.34. The van der Waals surface area contributed by atoms with Crippen LogP contribution in [-0.2, 0) is 6.54 Å². The Morgan fingerprint density at radius 3 is 2.86 bits per heavy atom. The first kappa shape index (κ1) is 8.64. The van der Waals surface area contributed by atoms with Crippen molar-refractivity contribution in [1.82, 2.24) is 15.2 Å². The van der Waals surface area contributed by atoms with Crippen molar-refractivity contribution in [1.29, 1.82) is 0 Å². The molecule has 0 atom stereocenters. The monoisotopic (exact) mass is 191 g/mol. The molecule has 0 aromatic carbocycles. The van der Waals surface area contributed by atoms with Gasteiger partial charge >= 0.3 is 6.01 Å². The summed E-state index contributed by atoms with van der Waals surface area (Å²) < 4.78 is 5.06. The average Bonchev–Trinajstić information content (AvgIpc) is 2.65. The Kier molecular flexibility index (Phi) is 2.11. The van der Waals surface area contributed by atoms with E-state index in [9.17, 15) is 0 Å². The van der Waals surface area contributed by atoms with Crippen molar-refractivity contribution in [3.8, 4) is 11.5 Å². The van der Waals surface area contributed by atoms with E-state index in [0.717, 1.165) is 11.3 Å². The molecule has 0 fully saturated rings. The van der Waals surface area contributed by atoms with Gasteiger partial charge in [0.1, 0.15) is 0 Å². The molecule has 2 rings (SSSR count). The van der Waals surface area contributed by atoms with Crippen molar-refractivity contribution in [2.75, 3.05) is 5.73 Å². The minimum absolute atomic E-state index is 0.0473. The van der Waals surface area contributed by atoms with Crippen LogP contribution in [0.4, 0.5) is 6.01 Å². The molecule has 0 amide bonds. The average molecular weight is 191 g/mol. The normalized spacial score (nSPS) is 10.4. The van der Waals surface area contributed by atoms with Crippen LogP contribution < -0.4 is 11.5 Å². The van der Waals surface area contributed by atoms with Crippen LogP contribution in [0.25, 0.3) is 11.5 Å². The van der Waals surface area contributed by atoms with Gasteiger partial charge in [-0.2, -0.15) is 0 Å². The molecule has 0 unspecified atom stereocenters. The lowest BCUT2D eigenvalue weighted by atomic mass is 10.2. The highest BCUT2D eigenvalue weighted by atomic mass is 16.4. The second kappa shape index (κ2) is 3.43. The molecule has 14 heavy (non-hydrogen) atoms. The molecule has 0 aliphatic heterocycles. The smallest absolute Gasteiger partial charge is 0.313 e. The van der Waals surface area contributed by atoms with Crippen LogP contribution in [0.5, 0.6) is 0 Å². The highest BCUT2D eigenvalue weighted by molar-refractivity contribution is 5.52. The lowest BCUT2D eigenvalue weighted by molar-refractivity contribution is 0.590. The third kappa shape index (κ3) is 1.55. The number of rotatable bonds is 2. The van der Waals surface area contributed by atoms with Gasteiger partial charge in [-0.25, -0.2) is 0 Å². The summed E-state index contributed by atoms with van der Waals surface area (Å²) in [5.41, 5.74) is 12.3. The van der Waals surface area contributed by atoms with E-state index in [2.05, 4.69) is 15.2 Å². The number of hydrogen-bond donors (Lipinski definition) is 2. The van der Waals surface area contributed by atoms with Gasteiger partial charge in [-0.05, 0) is 12.1 Å². The van der Waals surface area contributed by atoms with Gasteiger partial charge in [-0.3, -0.25) is 4.98 Å². The van der Waals surface area contributed by atoms with Crippen LogP contribution in [0.2, 0.25) is 0 Å². The van der Waals surface area contributed by atoms with Gasteiger partial charge in [0.2, 0.25) is 5.89 Å². The molecule has 0 saturated heterocycles. The molecule has 2 heterocycles. The van der Waals surface area contributed by atoms with Crippen LogP contribution in [0.15, 0.2) is 22.7 Å². The maximum Gasteiger partial charge on any atom is 0.313 e. The van der Waals surface area contributed by atoms with Crippen molar-refractivity contribution >= 4 is 6.01 Å². The molecule has 72 valence electrons. The lowest BCUT2D eigenvalue weighted by Crippen LogP contribution is -1.98. The molecular weight excluding hydrogens is 182 g/mol. The van der Waals surface area contributed by atoms with E-state index in [0.29, 0.717) is 12.4 Å². The van der Waals surface area contributed by atoms with Gasteiger partial charge < -0.3 is 15.9 Å². The fourth-order valence-corrected chi connectivity index (χ4v) is 1.07. The topological polar surface area (TPSA) is 104 Å². The molecule has 2 aromatic rings. The first-order valence-electron chi connectivity index (χ1n) is 4.04. The van der Waals surface area contributed by atoms with Gasteiger partial charge in [0.15, 0.2) is 0 Å². The molecule has 0 aliphatic carbocycles. The Labute approximate surface area is 80.0 Å². The zero-order valence-electron chi connectivity index (χ0n) is 7.34. The Bertz CT molecular complexity index is 439. The predicted octanol–water partition coefficient (Wildman–Crippen LogP) is 0.172. The quantitative estimate of drug-likeness (QED) is 0.701. The number of nitrogen functional groups attached to an aromatic ring is 1. The highest BCUT2D eigenvalue weighted by Crippen LogP contribution is 2.18. The molecular formula is C8H9N5O.